The van der Waals surface area contributed by atoms with E-state index in [0.717, 1.165) is 29.7 Å². The number of methoxy groups -OCH3 is 1. The molecule has 1 fully saturated rings. The lowest BCUT2D eigenvalue weighted by Crippen LogP contribution is -2.44. The Bertz CT molecular complexity index is 798. The minimum absolute atomic E-state index is 0. The Morgan fingerprint density at radius 2 is 2.00 bits per heavy atom. The maximum absolute atomic E-state index is 5.44. The average Bonchev–Trinajstić information content (AvgIpc) is 3.39. The smallest absolute Gasteiger partial charge is 0.191 e. The lowest BCUT2D eigenvalue weighted by Gasteiger charge is -2.31. The van der Waals surface area contributed by atoms with E-state index >= 15 is 0 Å². The van der Waals surface area contributed by atoms with Crippen molar-refractivity contribution in [3.05, 3.63) is 47.3 Å². The van der Waals surface area contributed by atoms with E-state index in [1.807, 2.05) is 12.1 Å². The largest absolute Gasteiger partial charge is 0.497 e. The fourth-order valence-electron chi connectivity index (χ4n) is 3.90. The van der Waals surface area contributed by atoms with Crippen LogP contribution in [0.4, 0.5) is 0 Å². The maximum atomic E-state index is 5.44. The van der Waals surface area contributed by atoms with Crippen LogP contribution in [0.3, 0.4) is 0 Å². The Labute approximate surface area is 190 Å². The molecule has 7 heteroatoms. The highest BCUT2D eigenvalue weighted by Gasteiger charge is 2.36. The predicted octanol–water partition coefficient (Wildman–Crippen LogP) is 4.60. The van der Waals surface area contributed by atoms with Crippen molar-refractivity contribution in [1.82, 2.24) is 15.8 Å². The van der Waals surface area contributed by atoms with Crippen LogP contribution in [0.25, 0.3) is 0 Å². The number of hydrogen-bond acceptors (Lipinski definition) is 4. The van der Waals surface area contributed by atoms with Crippen LogP contribution in [0.2, 0.25) is 0 Å². The van der Waals surface area contributed by atoms with Gasteiger partial charge in [0.15, 0.2) is 11.7 Å². The summed E-state index contributed by atoms with van der Waals surface area (Å²) >= 11 is 0. The van der Waals surface area contributed by atoms with E-state index < -0.39 is 0 Å². The zero-order valence-corrected chi connectivity index (χ0v) is 20.2. The molecule has 0 bridgehead atoms. The fourth-order valence-corrected chi connectivity index (χ4v) is 3.90. The zero-order chi connectivity index (χ0) is 20.0. The summed E-state index contributed by atoms with van der Waals surface area (Å²) in [6.07, 6.45) is 4.84. The number of ether oxygens (including phenoxy) is 1. The van der Waals surface area contributed by atoms with E-state index in [2.05, 4.69) is 52.8 Å². The van der Waals surface area contributed by atoms with Gasteiger partial charge in [0, 0.05) is 25.1 Å². The van der Waals surface area contributed by atoms with Gasteiger partial charge in [0.1, 0.15) is 5.75 Å². The van der Waals surface area contributed by atoms with E-state index in [4.69, 9.17) is 9.26 Å². The van der Waals surface area contributed by atoms with Crippen LogP contribution in [-0.2, 0) is 12.0 Å². The second kappa shape index (κ2) is 10.8. The van der Waals surface area contributed by atoms with Crippen molar-refractivity contribution in [2.24, 2.45) is 4.99 Å². The van der Waals surface area contributed by atoms with Crippen molar-refractivity contribution in [2.75, 3.05) is 20.7 Å². The molecule has 0 spiro atoms. The van der Waals surface area contributed by atoms with Gasteiger partial charge in [0.25, 0.3) is 0 Å². The summed E-state index contributed by atoms with van der Waals surface area (Å²) in [6, 6.07) is 10.5. The molecule has 160 valence electrons. The number of guanidine groups is 1. The first-order valence-corrected chi connectivity index (χ1v) is 10.1. The number of nitrogens with zero attached hydrogens (tertiary/aromatic N) is 2. The predicted molar refractivity (Wildman–Crippen MR) is 127 cm³/mol. The van der Waals surface area contributed by atoms with Gasteiger partial charge in [-0.05, 0) is 36.5 Å². The second-order valence-electron chi connectivity index (χ2n) is 7.87. The second-order valence-corrected chi connectivity index (χ2v) is 7.87. The Balaban J connectivity index is 0.00000300. The van der Waals surface area contributed by atoms with Gasteiger partial charge < -0.3 is 19.9 Å². The highest BCUT2D eigenvalue weighted by Crippen LogP contribution is 2.41. The van der Waals surface area contributed by atoms with Gasteiger partial charge in [0.2, 0.25) is 0 Å². The van der Waals surface area contributed by atoms with Crippen LogP contribution in [-0.4, -0.2) is 31.8 Å². The highest BCUT2D eigenvalue weighted by molar-refractivity contribution is 14.0. The summed E-state index contributed by atoms with van der Waals surface area (Å²) in [5.41, 5.74) is 2.43. The monoisotopic (exact) mass is 512 g/mol. The summed E-state index contributed by atoms with van der Waals surface area (Å²) in [5, 5.41) is 11.0. The van der Waals surface area contributed by atoms with Gasteiger partial charge in [-0.25, -0.2) is 0 Å². The van der Waals surface area contributed by atoms with Gasteiger partial charge >= 0.3 is 0 Å². The quantitative estimate of drug-likeness (QED) is 0.322. The first kappa shape index (κ1) is 23.5. The van der Waals surface area contributed by atoms with Gasteiger partial charge in [-0.3, -0.25) is 4.99 Å². The molecular formula is C22H33IN4O2. The Kier molecular flexibility index (Phi) is 8.79. The van der Waals surface area contributed by atoms with E-state index in [9.17, 15) is 0 Å². The van der Waals surface area contributed by atoms with Crippen LogP contribution in [0.5, 0.6) is 5.75 Å². The number of rotatable bonds is 7. The number of halogens is 1. The van der Waals surface area contributed by atoms with Gasteiger partial charge in [-0.1, -0.05) is 44.0 Å². The maximum Gasteiger partial charge on any atom is 0.191 e. The Morgan fingerprint density at radius 1 is 1.24 bits per heavy atom. The van der Waals surface area contributed by atoms with Crippen LogP contribution < -0.4 is 15.4 Å². The summed E-state index contributed by atoms with van der Waals surface area (Å²) in [5.74, 6) is 2.87. The summed E-state index contributed by atoms with van der Waals surface area (Å²) < 4.78 is 10.8. The molecule has 2 N–H and O–H groups in total. The molecule has 1 heterocycles. The third-order valence-corrected chi connectivity index (χ3v) is 5.66. The van der Waals surface area contributed by atoms with Crippen LogP contribution in [0.1, 0.15) is 62.5 Å². The first-order chi connectivity index (χ1) is 13.6. The van der Waals surface area contributed by atoms with E-state index in [0.29, 0.717) is 12.5 Å². The summed E-state index contributed by atoms with van der Waals surface area (Å²) in [6.45, 7) is 5.61. The van der Waals surface area contributed by atoms with Crippen LogP contribution in [0, 0.1) is 0 Å². The third-order valence-electron chi connectivity index (χ3n) is 5.66. The van der Waals surface area contributed by atoms with Crippen LogP contribution >= 0.6 is 24.0 Å². The van der Waals surface area contributed by atoms with E-state index in [-0.39, 0.29) is 29.4 Å². The third kappa shape index (κ3) is 5.87. The number of aromatic nitrogens is 1. The summed E-state index contributed by atoms with van der Waals surface area (Å²) in [7, 11) is 3.51. The van der Waals surface area contributed by atoms with Crippen LogP contribution in [0.15, 0.2) is 39.8 Å². The molecular weight excluding hydrogens is 479 g/mol. The zero-order valence-electron chi connectivity index (χ0n) is 17.8. The minimum atomic E-state index is 0. The molecule has 1 aromatic heterocycles. The molecule has 1 aromatic carbocycles. The average molecular weight is 512 g/mol. The molecule has 1 saturated carbocycles. The Hall–Kier alpha value is -1.77. The SMILES string of the molecule is CN=C(NCc1cc(C(C)C)no1)NCC1(c2cccc(OC)c2)CCCC1.I. The lowest BCUT2D eigenvalue weighted by atomic mass is 9.78. The molecule has 29 heavy (non-hydrogen) atoms. The number of aliphatic imine (C=N–C) groups is 1. The van der Waals surface area contributed by atoms with Crippen molar-refractivity contribution in [2.45, 2.75) is 57.4 Å². The van der Waals surface area contributed by atoms with E-state index in [1.165, 1.54) is 31.2 Å². The summed E-state index contributed by atoms with van der Waals surface area (Å²) in [4.78, 5) is 4.37. The molecule has 0 aliphatic heterocycles. The molecule has 0 amide bonds. The molecule has 0 unspecified atom stereocenters. The molecule has 1 aliphatic carbocycles. The van der Waals surface area contributed by atoms with Crippen molar-refractivity contribution in [3.63, 3.8) is 0 Å². The van der Waals surface area contributed by atoms with Crippen molar-refractivity contribution in [3.8, 4) is 5.75 Å². The van der Waals surface area contributed by atoms with Crippen molar-refractivity contribution < 1.29 is 9.26 Å². The van der Waals surface area contributed by atoms with Crippen molar-refractivity contribution >= 4 is 29.9 Å². The fraction of sp³-hybridized carbons (Fsp3) is 0.545. The molecule has 0 saturated heterocycles. The molecule has 3 rings (SSSR count). The van der Waals surface area contributed by atoms with Gasteiger partial charge in [0.05, 0.1) is 19.3 Å². The number of hydrogen-bond donors (Lipinski definition) is 2. The van der Waals surface area contributed by atoms with Gasteiger partial charge in [-0.2, -0.15) is 0 Å². The molecule has 0 atom stereocenters. The molecule has 6 nitrogen and oxygen atoms in total. The lowest BCUT2D eigenvalue weighted by molar-refractivity contribution is 0.371. The Morgan fingerprint density at radius 3 is 2.62 bits per heavy atom. The van der Waals surface area contributed by atoms with E-state index in [1.54, 1.807) is 14.2 Å². The highest BCUT2D eigenvalue weighted by atomic mass is 127. The standard InChI is InChI=1S/C22H32N4O2.HI/c1-16(2)20-13-19(28-26-20)14-24-21(23-3)25-15-22(10-5-6-11-22)17-8-7-9-18(12-17)27-4;/h7-9,12-13,16H,5-6,10-11,14-15H2,1-4H3,(H2,23,24,25);1H. The molecule has 1 aliphatic rings. The van der Waals surface area contributed by atoms with Gasteiger partial charge in [-0.15, -0.1) is 24.0 Å². The number of benzene rings is 1. The molecule has 2 aromatic rings. The normalized spacial score (nSPS) is 15.8. The van der Waals surface area contributed by atoms with Crippen molar-refractivity contribution in [1.29, 1.82) is 0 Å². The molecule has 0 radical (unpaired) electrons. The first-order valence-electron chi connectivity index (χ1n) is 10.1. The number of nitrogens with one attached hydrogen (secondary N) is 2. The topological polar surface area (TPSA) is 71.7 Å². The minimum Gasteiger partial charge on any atom is -0.497 e.